The summed E-state index contributed by atoms with van der Waals surface area (Å²) in [5.74, 6) is -0.600. The smallest absolute Gasteiger partial charge is 0.341 e. The molecule has 1 heterocycles. The molecule has 0 aromatic carbocycles. The average Bonchev–Trinajstić information content (AvgIpc) is 1.88. The molecule has 0 aromatic rings. The minimum Gasteiger partial charge on any atom is -0.462 e. The summed E-state index contributed by atoms with van der Waals surface area (Å²) in [6.07, 6.45) is 1.81. The lowest BCUT2D eigenvalue weighted by atomic mass is 10.1. The highest BCUT2D eigenvalue weighted by molar-refractivity contribution is 6.18. The van der Waals surface area contributed by atoms with E-state index in [-0.39, 0.29) is 18.0 Å². The van der Waals surface area contributed by atoms with Crippen LogP contribution in [-0.2, 0) is 14.3 Å². The van der Waals surface area contributed by atoms with Gasteiger partial charge in [0.2, 0.25) is 0 Å². The van der Waals surface area contributed by atoms with E-state index in [1.165, 1.54) is 6.08 Å². The van der Waals surface area contributed by atoms with Crippen molar-refractivity contribution in [3.05, 3.63) is 11.6 Å². The number of Topliss-reactive ketones (excluding diaryl/α,β-unsaturated/α-hetero) is 1. The van der Waals surface area contributed by atoms with Crippen molar-refractivity contribution in [1.29, 1.82) is 0 Å². The number of rotatable bonds is 0. The van der Waals surface area contributed by atoms with Crippen molar-refractivity contribution < 1.29 is 14.3 Å². The highest BCUT2D eigenvalue weighted by Gasteiger charge is 2.23. The van der Waals surface area contributed by atoms with Gasteiger partial charge in [-0.1, -0.05) is 6.08 Å². The molecule has 10 heavy (non-hydrogen) atoms. The summed E-state index contributed by atoms with van der Waals surface area (Å²) in [4.78, 5) is 21.6. The van der Waals surface area contributed by atoms with Crippen molar-refractivity contribution >= 4 is 11.8 Å². The zero-order valence-corrected chi connectivity index (χ0v) is 5.72. The first-order valence-corrected chi connectivity index (χ1v) is 3.12. The molecule has 0 aliphatic carbocycles. The van der Waals surface area contributed by atoms with Gasteiger partial charge in [0, 0.05) is 6.42 Å². The fourth-order valence-corrected chi connectivity index (χ4v) is 0.842. The van der Waals surface area contributed by atoms with E-state index in [0.717, 1.165) is 0 Å². The van der Waals surface area contributed by atoms with Crippen molar-refractivity contribution in [2.24, 2.45) is 0 Å². The number of carbonyl (C=O) groups is 2. The maximum Gasteiger partial charge on any atom is 0.341 e. The summed E-state index contributed by atoms with van der Waals surface area (Å²) in [5, 5.41) is 0. The van der Waals surface area contributed by atoms with Gasteiger partial charge in [-0.3, -0.25) is 4.79 Å². The van der Waals surface area contributed by atoms with E-state index in [1.807, 2.05) is 0 Å². The Morgan fingerprint density at radius 1 is 1.50 bits per heavy atom. The minimum absolute atomic E-state index is 0.112. The summed E-state index contributed by atoms with van der Waals surface area (Å²) in [7, 11) is 0. The molecule has 3 nitrogen and oxygen atoms in total. The molecule has 1 saturated heterocycles. The molecule has 0 N–H and O–H groups in total. The van der Waals surface area contributed by atoms with E-state index in [4.69, 9.17) is 0 Å². The number of hydrogen-bond acceptors (Lipinski definition) is 3. The number of hydrogen-bond donors (Lipinski definition) is 0. The topological polar surface area (TPSA) is 43.4 Å². The summed E-state index contributed by atoms with van der Waals surface area (Å²) >= 11 is 0. The second-order valence-corrected chi connectivity index (χ2v) is 2.01. The van der Waals surface area contributed by atoms with Gasteiger partial charge in [0.25, 0.3) is 0 Å². The Morgan fingerprint density at radius 3 is 2.60 bits per heavy atom. The van der Waals surface area contributed by atoms with Gasteiger partial charge in [0.15, 0.2) is 5.78 Å². The third-order valence-electron chi connectivity index (χ3n) is 1.37. The van der Waals surface area contributed by atoms with Crippen LogP contribution in [0.25, 0.3) is 0 Å². The van der Waals surface area contributed by atoms with Crippen molar-refractivity contribution in [3.63, 3.8) is 0 Å². The molecule has 0 amide bonds. The number of ketones is 1. The van der Waals surface area contributed by atoms with Crippen molar-refractivity contribution in [2.75, 3.05) is 6.61 Å². The van der Waals surface area contributed by atoms with Crippen LogP contribution in [0.5, 0.6) is 0 Å². The number of esters is 1. The largest absolute Gasteiger partial charge is 0.462 e. The van der Waals surface area contributed by atoms with E-state index in [1.54, 1.807) is 6.92 Å². The lowest BCUT2D eigenvalue weighted by Crippen LogP contribution is -2.23. The Bertz CT molecular complexity index is 185. The lowest BCUT2D eigenvalue weighted by molar-refractivity contribution is -0.144. The Balaban J connectivity index is 2.83. The first-order valence-electron chi connectivity index (χ1n) is 3.12. The average molecular weight is 140 g/mol. The van der Waals surface area contributed by atoms with Crippen molar-refractivity contribution in [2.45, 2.75) is 13.3 Å². The fraction of sp³-hybridized carbons (Fsp3) is 0.429. The van der Waals surface area contributed by atoms with E-state index in [9.17, 15) is 9.59 Å². The van der Waals surface area contributed by atoms with E-state index >= 15 is 0 Å². The molecule has 1 fully saturated rings. The van der Waals surface area contributed by atoms with Gasteiger partial charge < -0.3 is 4.74 Å². The molecule has 0 saturated carbocycles. The molecule has 0 unspecified atom stereocenters. The summed E-state index contributed by atoms with van der Waals surface area (Å²) in [6.45, 7) is 1.88. The first-order chi connectivity index (χ1) is 4.75. The predicted octanol–water partition coefficient (Wildman–Crippen LogP) is 0.449. The maximum atomic E-state index is 10.9. The number of carbonyl (C=O) groups excluding carboxylic acids is 2. The molecule has 0 radical (unpaired) electrons. The van der Waals surface area contributed by atoms with Crippen LogP contribution in [-0.4, -0.2) is 18.4 Å². The van der Waals surface area contributed by atoms with Crippen molar-refractivity contribution in [1.82, 2.24) is 0 Å². The van der Waals surface area contributed by atoms with E-state index in [0.29, 0.717) is 6.42 Å². The van der Waals surface area contributed by atoms with Crippen LogP contribution in [0.2, 0.25) is 0 Å². The normalized spacial score (nSPS) is 23.1. The van der Waals surface area contributed by atoms with Gasteiger partial charge in [-0.25, -0.2) is 4.79 Å². The van der Waals surface area contributed by atoms with Crippen LogP contribution in [0.1, 0.15) is 13.3 Å². The highest BCUT2D eigenvalue weighted by atomic mass is 16.5. The zero-order valence-electron chi connectivity index (χ0n) is 5.72. The SMILES string of the molecule is C/C=C1/C(=O)CCOC1=O. The standard InChI is InChI=1S/C7H8O3/c1-2-5-6(8)3-4-10-7(5)9/h2H,3-4H2,1H3/b5-2-. The second-order valence-electron chi connectivity index (χ2n) is 2.01. The molecule has 0 aromatic heterocycles. The molecule has 0 spiro atoms. The Labute approximate surface area is 58.7 Å². The minimum atomic E-state index is -0.487. The Kier molecular flexibility index (Phi) is 1.85. The van der Waals surface area contributed by atoms with Crippen LogP contribution >= 0.6 is 0 Å². The maximum absolute atomic E-state index is 10.9. The number of allylic oxidation sites excluding steroid dienone is 1. The molecule has 54 valence electrons. The molecule has 1 rings (SSSR count). The second kappa shape index (κ2) is 2.64. The van der Waals surface area contributed by atoms with E-state index < -0.39 is 5.97 Å². The van der Waals surface area contributed by atoms with Gasteiger partial charge >= 0.3 is 5.97 Å². The van der Waals surface area contributed by atoms with Gasteiger partial charge in [0.1, 0.15) is 0 Å². The summed E-state index contributed by atoms with van der Waals surface area (Å²) < 4.78 is 4.62. The van der Waals surface area contributed by atoms with Gasteiger partial charge in [-0.15, -0.1) is 0 Å². The first kappa shape index (κ1) is 6.99. The quantitative estimate of drug-likeness (QED) is 0.279. The lowest BCUT2D eigenvalue weighted by Gasteiger charge is -2.11. The molecular weight excluding hydrogens is 132 g/mol. The monoisotopic (exact) mass is 140 g/mol. The molecule has 0 atom stereocenters. The van der Waals surface area contributed by atoms with Crippen LogP contribution in [0.3, 0.4) is 0 Å². The predicted molar refractivity (Wildman–Crippen MR) is 34.3 cm³/mol. The molecule has 1 aliphatic heterocycles. The van der Waals surface area contributed by atoms with Gasteiger partial charge in [-0.2, -0.15) is 0 Å². The van der Waals surface area contributed by atoms with Gasteiger partial charge in [0.05, 0.1) is 12.2 Å². The van der Waals surface area contributed by atoms with Crippen LogP contribution in [0.15, 0.2) is 11.6 Å². The van der Waals surface area contributed by atoms with Gasteiger partial charge in [-0.05, 0) is 6.92 Å². The third kappa shape index (κ3) is 1.07. The zero-order chi connectivity index (χ0) is 7.56. The Hall–Kier alpha value is -1.12. The molecular formula is C7H8O3. The highest BCUT2D eigenvalue weighted by Crippen LogP contribution is 2.09. The summed E-state index contributed by atoms with van der Waals surface area (Å²) in [5.41, 5.74) is 0.186. The molecule has 0 bridgehead atoms. The van der Waals surface area contributed by atoms with Crippen molar-refractivity contribution in [3.8, 4) is 0 Å². The summed E-state index contributed by atoms with van der Waals surface area (Å²) in [6, 6.07) is 0. The molecule has 1 aliphatic rings. The molecule has 3 heteroatoms. The van der Waals surface area contributed by atoms with Crippen LogP contribution in [0, 0.1) is 0 Å². The number of ether oxygens (including phenoxy) is 1. The van der Waals surface area contributed by atoms with E-state index in [2.05, 4.69) is 4.74 Å². The van der Waals surface area contributed by atoms with Crippen LogP contribution < -0.4 is 0 Å². The van der Waals surface area contributed by atoms with Crippen LogP contribution in [0.4, 0.5) is 0 Å². The third-order valence-corrected chi connectivity index (χ3v) is 1.37. The Morgan fingerprint density at radius 2 is 2.20 bits per heavy atom. The fourth-order valence-electron chi connectivity index (χ4n) is 0.842. The number of cyclic esters (lactones) is 1.